The number of aromatic amines is 1. The summed E-state index contributed by atoms with van der Waals surface area (Å²) in [6, 6.07) is 5.45. The van der Waals surface area contributed by atoms with Crippen molar-refractivity contribution in [1.82, 2.24) is 9.97 Å². The van der Waals surface area contributed by atoms with Gasteiger partial charge in [0, 0.05) is 12.7 Å². The molecule has 0 bridgehead atoms. The lowest BCUT2D eigenvalue weighted by molar-refractivity contribution is -0.109. The van der Waals surface area contributed by atoms with E-state index in [1.165, 1.54) is 18.1 Å². The molecule has 0 aliphatic carbocycles. The topological polar surface area (TPSA) is 62.8 Å². The van der Waals surface area contributed by atoms with Crippen LogP contribution in [0.5, 0.6) is 0 Å². The van der Waals surface area contributed by atoms with Crippen molar-refractivity contribution in [3.63, 3.8) is 0 Å². The van der Waals surface area contributed by atoms with E-state index in [1.54, 1.807) is 13.0 Å². The Morgan fingerprint density at radius 1 is 1.50 bits per heavy atom. The number of carbonyl (C=O) groups is 1. The molecule has 0 amide bonds. The number of H-pyrrole nitrogens is 1. The van der Waals surface area contributed by atoms with E-state index in [2.05, 4.69) is 9.97 Å². The number of aromatic nitrogens is 2. The monoisotopic (exact) mass is 260 g/mol. The van der Waals surface area contributed by atoms with E-state index in [0.29, 0.717) is 16.7 Å². The molecule has 1 aromatic heterocycles. The first-order valence-electron chi connectivity index (χ1n) is 5.44. The van der Waals surface area contributed by atoms with Crippen LogP contribution in [0, 0.1) is 0 Å². The van der Waals surface area contributed by atoms with Crippen LogP contribution >= 0.6 is 11.8 Å². The Morgan fingerprint density at radius 2 is 2.33 bits per heavy atom. The van der Waals surface area contributed by atoms with Crippen LogP contribution in [-0.2, 0) is 4.79 Å². The molecule has 0 aliphatic rings. The van der Waals surface area contributed by atoms with Gasteiger partial charge in [-0.1, -0.05) is 30.0 Å². The van der Waals surface area contributed by atoms with Gasteiger partial charge in [-0.15, -0.1) is 0 Å². The van der Waals surface area contributed by atoms with Crippen LogP contribution in [-0.4, -0.2) is 20.8 Å². The van der Waals surface area contributed by atoms with Crippen molar-refractivity contribution >= 4 is 33.9 Å². The van der Waals surface area contributed by atoms with Crippen molar-refractivity contribution < 1.29 is 4.79 Å². The van der Waals surface area contributed by atoms with Crippen LogP contribution in [0.2, 0.25) is 0 Å². The van der Waals surface area contributed by atoms with Gasteiger partial charge in [0.2, 0.25) is 0 Å². The number of thioether (sulfide) groups is 1. The maximum absolute atomic E-state index is 11.5. The second-order valence-corrected chi connectivity index (χ2v) is 4.91. The lowest BCUT2D eigenvalue weighted by atomic mass is 10.1. The molecule has 92 valence electrons. The summed E-state index contributed by atoms with van der Waals surface area (Å²) in [7, 11) is 0. The summed E-state index contributed by atoms with van der Waals surface area (Å²) in [5, 5.41) is 0.680. The molecule has 18 heavy (non-hydrogen) atoms. The molecule has 1 aromatic carbocycles. The molecule has 0 radical (unpaired) electrons. The molecule has 2 rings (SSSR count). The highest BCUT2D eigenvalue weighted by atomic mass is 32.2. The van der Waals surface area contributed by atoms with Gasteiger partial charge in [-0.05, 0) is 17.7 Å². The predicted octanol–water partition coefficient (Wildman–Crippen LogP) is 2.22. The number of nitrogens with one attached hydrogen (secondary N) is 1. The summed E-state index contributed by atoms with van der Waals surface area (Å²) in [5.41, 5.74) is 1.49. The first kappa shape index (κ1) is 12.6. The Labute approximate surface area is 108 Å². The van der Waals surface area contributed by atoms with E-state index in [-0.39, 0.29) is 10.7 Å². The van der Waals surface area contributed by atoms with E-state index in [9.17, 15) is 9.59 Å². The molecule has 0 fully saturated rings. The number of hydrogen-bond donors (Lipinski definition) is 1. The molecule has 0 atom stereocenters. The summed E-state index contributed by atoms with van der Waals surface area (Å²) in [4.78, 5) is 28.9. The maximum Gasteiger partial charge on any atom is 0.258 e. The number of benzene rings is 1. The quantitative estimate of drug-likeness (QED) is 0.919. The van der Waals surface area contributed by atoms with E-state index < -0.39 is 0 Å². The van der Waals surface area contributed by atoms with Gasteiger partial charge in [0.25, 0.3) is 5.56 Å². The van der Waals surface area contributed by atoms with Crippen LogP contribution < -0.4 is 5.56 Å². The van der Waals surface area contributed by atoms with Crippen molar-refractivity contribution in [3.05, 3.63) is 46.5 Å². The average molecular weight is 260 g/mol. The van der Waals surface area contributed by atoms with Gasteiger partial charge >= 0.3 is 0 Å². The highest BCUT2D eigenvalue weighted by Gasteiger charge is 1.98. The van der Waals surface area contributed by atoms with Gasteiger partial charge in [-0.3, -0.25) is 9.59 Å². The molecular weight excluding hydrogens is 248 g/mol. The molecule has 2 aromatic rings. The molecule has 4 nitrogen and oxygen atoms in total. The molecule has 0 saturated heterocycles. The van der Waals surface area contributed by atoms with Gasteiger partial charge in [0.15, 0.2) is 5.12 Å². The van der Waals surface area contributed by atoms with Gasteiger partial charge in [-0.25, -0.2) is 4.98 Å². The Balaban J connectivity index is 2.20. The normalized spacial score (nSPS) is 11.2. The zero-order valence-electron chi connectivity index (χ0n) is 9.84. The Hall–Kier alpha value is -1.88. The molecule has 0 spiro atoms. The largest absolute Gasteiger partial charge is 0.313 e. The molecule has 0 aliphatic heterocycles. The van der Waals surface area contributed by atoms with E-state index in [0.717, 1.165) is 5.56 Å². The molecular formula is C13H12N2O2S. The zero-order valence-corrected chi connectivity index (χ0v) is 10.7. The molecule has 0 saturated carbocycles. The molecule has 0 unspecified atom stereocenters. The van der Waals surface area contributed by atoms with Gasteiger partial charge < -0.3 is 4.98 Å². The van der Waals surface area contributed by atoms with Gasteiger partial charge in [-0.2, -0.15) is 0 Å². The second kappa shape index (κ2) is 5.64. The lowest BCUT2D eigenvalue weighted by Gasteiger charge is -1.97. The number of rotatable bonds is 3. The fourth-order valence-electron chi connectivity index (χ4n) is 1.54. The molecule has 5 heteroatoms. The minimum absolute atomic E-state index is 0.103. The minimum Gasteiger partial charge on any atom is -0.313 e. The van der Waals surface area contributed by atoms with Gasteiger partial charge in [0.05, 0.1) is 17.2 Å². The minimum atomic E-state index is -0.136. The fraction of sp³-hybridized carbons (Fsp3) is 0.154. The SMILES string of the molecule is CC(=O)SCC=Cc1ccc2c(=O)[nH]cnc2c1. The van der Waals surface area contributed by atoms with Crippen molar-refractivity contribution in [3.8, 4) is 0 Å². The number of fused-ring (bicyclic) bond motifs is 1. The first-order valence-corrected chi connectivity index (χ1v) is 6.43. The maximum atomic E-state index is 11.5. The highest BCUT2D eigenvalue weighted by molar-refractivity contribution is 8.13. The third kappa shape index (κ3) is 3.07. The van der Waals surface area contributed by atoms with Crippen molar-refractivity contribution in [1.29, 1.82) is 0 Å². The number of carbonyl (C=O) groups excluding carboxylic acids is 1. The second-order valence-electron chi connectivity index (χ2n) is 3.71. The average Bonchev–Trinajstić information content (AvgIpc) is 2.35. The third-order valence-electron chi connectivity index (χ3n) is 2.36. The Kier molecular flexibility index (Phi) is 3.94. The van der Waals surface area contributed by atoms with Gasteiger partial charge in [0.1, 0.15) is 0 Å². The number of nitrogens with zero attached hydrogens (tertiary/aromatic N) is 1. The highest BCUT2D eigenvalue weighted by Crippen LogP contribution is 2.11. The Bertz CT molecular complexity index is 661. The smallest absolute Gasteiger partial charge is 0.258 e. The van der Waals surface area contributed by atoms with Crippen LogP contribution in [0.1, 0.15) is 12.5 Å². The summed E-state index contributed by atoms with van der Waals surface area (Å²) < 4.78 is 0. The van der Waals surface area contributed by atoms with Crippen molar-refractivity contribution in [2.24, 2.45) is 0 Å². The summed E-state index contributed by atoms with van der Waals surface area (Å²) in [5.74, 6) is 0.649. The first-order chi connectivity index (χ1) is 8.66. The molecule has 1 heterocycles. The summed E-state index contributed by atoms with van der Waals surface area (Å²) in [6.45, 7) is 1.55. The van der Waals surface area contributed by atoms with E-state index >= 15 is 0 Å². The van der Waals surface area contributed by atoms with E-state index in [4.69, 9.17) is 0 Å². The number of hydrogen-bond acceptors (Lipinski definition) is 4. The fourth-order valence-corrected chi connectivity index (χ4v) is 1.97. The van der Waals surface area contributed by atoms with Crippen LogP contribution in [0.3, 0.4) is 0 Å². The van der Waals surface area contributed by atoms with Crippen LogP contribution in [0.4, 0.5) is 0 Å². The zero-order chi connectivity index (χ0) is 13.0. The predicted molar refractivity (Wildman–Crippen MR) is 74.5 cm³/mol. The van der Waals surface area contributed by atoms with E-state index in [1.807, 2.05) is 24.3 Å². The summed E-state index contributed by atoms with van der Waals surface area (Å²) in [6.07, 6.45) is 5.22. The van der Waals surface area contributed by atoms with Crippen molar-refractivity contribution in [2.45, 2.75) is 6.92 Å². The Morgan fingerprint density at radius 3 is 3.11 bits per heavy atom. The third-order valence-corrected chi connectivity index (χ3v) is 3.12. The van der Waals surface area contributed by atoms with Crippen molar-refractivity contribution in [2.75, 3.05) is 5.75 Å². The summed E-state index contributed by atoms with van der Waals surface area (Å²) >= 11 is 1.26. The van der Waals surface area contributed by atoms with Crippen LogP contribution in [0.15, 0.2) is 35.4 Å². The van der Waals surface area contributed by atoms with Crippen LogP contribution in [0.25, 0.3) is 17.0 Å². The standard InChI is InChI=1S/C13H12N2O2S/c1-9(16)18-6-2-3-10-4-5-11-12(7-10)14-8-15-13(11)17/h2-5,7-8H,6H2,1H3,(H,14,15,17). The molecule has 1 N–H and O–H groups in total. The lowest BCUT2D eigenvalue weighted by Crippen LogP contribution is -2.05.